The second kappa shape index (κ2) is 12.1. The lowest BCUT2D eigenvalue weighted by Gasteiger charge is -2.44. The first kappa shape index (κ1) is 31.0. The van der Waals surface area contributed by atoms with Gasteiger partial charge >= 0.3 is 23.9 Å². The van der Waals surface area contributed by atoms with E-state index in [0.29, 0.717) is 16.8 Å². The van der Waals surface area contributed by atoms with Crippen LogP contribution in [0.15, 0.2) is 48.6 Å². The number of rotatable bonds is 8. The van der Waals surface area contributed by atoms with Crippen LogP contribution in [-0.2, 0) is 35.2 Å². The third-order valence-corrected chi connectivity index (χ3v) is 6.79. The average molecular weight is 601 g/mol. The Morgan fingerprint density at radius 2 is 1.81 bits per heavy atom. The number of nitrogens with one attached hydrogen (secondary N) is 1. The Morgan fingerprint density at radius 3 is 2.40 bits per heavy atom. The highest BCUT2D eigenvalue weighted by Crippen LogP contribution is 2.47. The van der Waals surface area contributed by atoms with E-state index < -0.39 is 60.0 Å². The number of nitrogens with zero attached hydrogens (tertiary/aromatic N) is 2. The van der Waals surface area contributed by atoms with Crippen molar-refractivity contribution in [2.75, 3.05) is 12.1 Å². The number of benzene rings is 1. The first-order chi connectivity index (χ1) is 20.2. The molecule has 0 saturated carbocycles. The fourth-order valence-electron chi connectivity index (χ4n) is 4.63. The number of anilines is 1. The summed E-state index contributed by atoms with van der Waals surface area (Å²) in [6.45, 7) is 6.95. The number of carbonyl (C=O) groups excluding carboxylic acids is 4. The molecular weight excluding hydrogens is 568 g/mol. The van der Waals surface area contributed by atoms with Crippen molar-refractivity contribution in [2.24, 2.45) is 22.1 Å². The lowest BCUT2D eigenvalue weighted by molar-refractivity contribution is -0.175. The third-order valence-electron chi connectivity index (χ3n) is 6.79. The summed E-state index contributed by atoms with van der Waals surface area (Å²) >= 11 is 0. The minimum atomic E-state index is -1.04. The van der Waals surface area contributed by atoms with Gasteiger partial charge in [0.15, 0.2) is 18.1 Å². The van der Waals surface area contributed by atoms with Crippen molar-refractivity contribution in [3.63, 3.8) is 0 Å². The Labute approximate surface area is 245 Å². The lowest BCUT2D eigenvalue weighted by atomic mass is 9.82. The number of fused-ring (bicyclic) bond motifs is 1. The molecular formula is C28H32N4O11. The van der Waals surface area contributed by atoms with Gasteiger partial charge in [-0.15, -0.1) is 4.99 Å². The Morgan fingerprint density at radius 1 is 1.14 bits per heavy atom. The monoisotopic (exact) mass is 600 g/mol. The summed E-state index contributed by atoms with van der Waals surface area (Å²) in [7, 11) is 0. The van der Waals surface area contributed by atoms with E-state index in [1.165, 1.54) is 18.7 Å². The maximum Gasteiger partial charge on any atom is 0.519 e. The second-order valence-electron chi connectivity index (χ2n) is 11.0. The minimum Gasteiger partial charge on any atom is -0.440 e. The number of hydrogen-bond acceptors (Lipinski definition) is 11. The number of amides is 2. The van der Waals surface area contributed by atoms with E-state index in [9.17, 15) is 29.1 Å². The van der Waals surface area contributed by atoms with Crippen LogP contribution >= 0.6 is 0 Å². The van der Waals surface area contributed by atoms with Crippen LogP contribution in [0.1, 0.15) is 51.2 Å². The number of aliphatic imine (C=N–C) groups is 1. The second-order valence-corrected chi connectivity index (χ2v) is 11.0. The first-order valence-corrected chi connectivity index (χ1v) is 13.2. The first-order valence-electron chi connectivity index (χ1n) is 13.2. The summed E-state index contributed by atoms with van der Waals surface area (Å²) in [5, 5.41) is 12.8. The minimum absolute atomic E-state index is 0.00642. The molecule has 2 aliphatic heterocycles. The van der Waals surface area contributed by atoms with E-state index in [2.05, 4.69) is 14.7 Å². The smallest absolute Gasteiger partial charge is 0.440 e. The highest BCUT2D eigenvalue weighted by Gasteiger charge is 2.57. The highest BCUT2D eigenvalue weighted by atomic mass is 16.7. The summed E-state index contributed by atoms with van der Waals surface area (Å²) in [4.78, 5) is 65.9. The van der Waals surface area contributed by atoms with E-state index in [1.807, 2.05) is 0 Å². The Bertz CT molecular complexity index is 1540. The fraction of sp³-hybridized carbons (Fsp3) is 0.429. The molecule has 15 nitrogen and oxygen atoms in total. The molecule has 4 N–H and O–H groups in total. The van der Waals surface area contributed by atoms with Crippen molar-refractivity contribution in [2.45, 2.75) is 59.8 Å². The zero-order valence-corrected chi connectivity index (χ0v) is 24.2. The molecule has 1 aromatic heterocycles. The van der Waals surface area contributed by atoms with Gasteiger partial charge in [-0.2, -0.15) is 0 Å². The van der Waals surface area contributed by atoms with Gasteiger partial charge < -0.3 is 44.1 Å². The topological polar surface area (TPSA) is 213 Å². The molecule has 1 fully saturated rings. The molecule has 2 amide bonds. The van der Waals surface area contributed by atoms with Crippen molar-refractivity contribution < 1.29 is 47.3 Å². The molecule has 0 unspecified atom stereocenters. The van der Waals surface area contributed by atoms with E-state index in [-0.39, 0.29) is 36.2 Å². The quantitative estimate of drug-likeness (QED) is 0.130. The maximum absolute atomic E-state index is 13.1. The molecule has 230 valence electrons. The van der Waals surface area contributed by atoms with Crippen LogP contribution in [0.4, 0.5) is 10.5 Å². The molecule has 0 radical (unpaired) electrons. The number of carbonyl (C=O) groups is 4. The number of hydrogen-bond donors (Lipinski definition) is 3. The number of guanidine groups is 1. The molecule has 4 rings (SSSR count). The number of esters is 2. The summed E-state index contributed by atoms with van der Waals surface area (Å²) < 4.78 is 24.6. The van der Waals surface area contributed by atoms with Gasteiger partial charge in [0.1, 0.15) is 5.70 Å². The van der Waals surface area contributed by atoms with E-state index in [0.717, 1.165) is 0 Å². The molecule has 0 spiro atoms. The van der Waals surface area contributed by atoms with Crippen LogP contribution in [0, 0.1) is 18.3 Å². The van der Waals surface area contributed by atoms with Crippen molar-refractivity contribution >= 4 is 41.2 Å². The van der Waals surface area contributed by atoms with Gasteiger partial charge in [0, 0.05) is 5.69 Å². The van der Waals surface area contributed by atoms with Gasteiger partial charge in [-0.05, 0) is 64.3 Å². The van der Waals surface area contributed by atoms with Crippen molar-refractivity contribution in [1.29, 1.82) is 0 Å². The SMILES string of the molecule is Cc1oc(=O)oc1COC(=O)/N=C(/N)Nc1ccc(C2=C(C(=O)OCOC(=O)C(C)(C)C)N3C(=O)[C@H]([C@@H](C)O)[C@H]3C2)cc1. The van der Waals surface area contributed by atoms with Crippen molar-refractivity contribution in [3.8, 4) is 0 Å². The van der Waals surface area contributed by atoms with E-state index >= 15 is 0 Å². The molecule has 3 heterocycles. The van der Waals surface area contributed by atoms with Crippen LogP contribution in [-0.4, -0.2) is 58.8 Å². The fourth-order valence-corrected chi connectivity index (χ4v) is 4.63. The zero-order valence-electron chi connectivity index (χ0n) is 24.2. The van der Waals surface area contributed by atoms with Crippen LogP contribution in [0.2, 0.25) is 0 Å². The number of aliphatic hydroxyl groups excluding tert-OH is 1. The summed E-state index contributed by atoms with van der Waals surface area (Å²) in [6, 6.07) is 6.10. The van der Waals surface area contributed by atoms with Gasteiger partial charge in [-0.25, -0.2) is 14.4 Å². The number of β-lactam (4-membered cyclic amide) rings is 1. The standard InChI is InChI=1S/C28H32N4O11/c1-13(33)20-18-10-17(21(32(18)22(20)34)23(35)40-12-41-24(36)28(3,4)5)15-6-8-16(9-7-15)30-25(29)31-26(37)39-11-19-14(2)42-27(38)43-19/h6-9,13,18,20,33H,10-12H2,1-5H3,(H3,29,30,31,37)/t13-,18-,20-/m1/s1. The largest absolute Gasteiger partial charge is 0.519 e. The van der Waals surface area contributed by atoms with Crippen molar-refractivity contribution in [1.82, 2.24) is 4.90 Å². The number of nitrogens with two attached hydrogens (primary N) is 1. The number of ether oxygens (including phenoxy) is 3. The molecule has 0 aliphatic carbocycles. The molecule has 1 aromatic carbocycles. The van der Waals surface area contributed by atoms with Crippen LogP contribution < -0.4 is 16.9 Å². The molecule has 1 saturated heterocycles. The lowest BCUT2D eigenvalue weighted by Crippen LogP contribution is -2.61. The zero-order chi connectivity index (χ0) is 31.6. The maximum atomic E-state index is 13.1. The Hall–Kier alpha value is -4.92. The predicted octanol–water partition coefficient (Wildman–Crippen LogP) is 2.02. The van der Waals surface area contributed by atoms with Gasteiger partial charge in [0.25, 0.3) is 0 Å². The summed E-state index contributed by atoms with van der Waals surface area (Å²) in [5.74, 6) is -3.50. The van der Waals surface area contributed by atoms with Gasteiger partial charge in [0.05, 0.1) is 23.5 Å². The van der Waals surface area contributed by atoms with Gasteiger partial charge in [0.2, 0.25) is 18.7 Å². The molecule has 2 aliphatic rings. The number of aliphatic hydroxyl groups is 1. The molecule has 2 aromatic rings. The summed E-state index contributed by atoms with van der Waals surface area (Å²) in [6.07, 6.45) is -1.67. The molecule has 43 heavy (non-hydrogen) atoms. The average Bonchev–Trinajstić information content (AvgIpc) is 3.42. The predicted molar refractivity (Wildman–Crippen MR) is 148 cm³/mol. The van der Waals surface area contributed by atoms with Crippen LogP contribution in [0.5, 0.6) is 0 Å². The van der Waals surface area contributed by atoms with Gasteiger partial charge in [-0.1, -0.05) is 12.1 Å². The highest BCUT2D eigenvalue weighted by molar-refractivity contribution is 6.07. The van der Waals surface area contributed by atoms with E-state index in [1.54, 1.807) is 45.0 Å². The van der Waals surface area contributed by atoms with Crippen molar-refractivity contribution in [3.05, 3.63) is 57.7 Å². The summed E-state index contributed by atoms with van der Waals surface area (Å²) in [5.41, 5.74) is 6.54. The molecule has 0 bridgehead atoms. The normalized spacial score (nSPS) is 19.0. The number of aryl methyl sites for hydroxylation is 1. The van der Waals surface area contributed by atoms with E-state index in [4.69, 9.17) is 24.4 Å². The Kier molecular flexibility index (Phi) is 8.75. The molecule has 15 heteroatoms. The van der Waals surface area contributed by atoms with Crippen LogP contribution in [0.25, 0.3) is 5.57 Å². The molecule has 3 atom stereocenters. The third kappa shape index (κ3) is 6.77. The Balaban J connectivity index is 1.46. The van der Waals surface area contributed by atoms with Gasteiger partial charge in [-0.3, -0.25) is 9.59 Å². The van der Waals surface area contributed by atoms with Crippen LogP contribution in [0.3, 0.4) is 0 Å².